The minimum absolute atomic E-state index is 0.119. The lowest BCUT2D eigenvalue weighted by atomic mass is 9.95. The molecule has 0 saturated heterocycles. The molecule has 4 nitrogen and oxygen atoms in total. The Morgan fingerprint density at radius 2 is 1.93 bits per heavy atom. The van der Waals surface area contributed by atoms with Crippen molar-refractivity contribution in [1.82, 2.24) is 4.90 Å². The molecule has 0 spiro atoms. The van der Waals surface area contributed by atoms with E-state index in [1.165, 1.54) is 4.88 Å². The van der Waals surface area contributed by atoms with Gasteiger partial charge in [-0.2, -0.15) is 0 Å². The third-order valence-electron chi connectivity index (χ3n) is 5.02. The molecule has 0 N–H and O–H groups in total. The molecular weight excluding hydrogens is 370 g/mol. The van der Waals surface area contributed by atoms with Crippen LogP contribution in [0.4, 0.5) is 0 Å². The summed E-state index contributed by atoms with van der Waals surface area (Å²) in [6.45, 7) is 1.52. The topological polar surface area (TPSA) is 38.8 Å². The van der Waals surface area contributed by atoms with Gasteiger partial charge in [-0.25, -0.2) is 0 Å². The molecule has 1 amide bonds. The summed E-state index contributed by atoms with van der Waals surface area (Å²) in [5.41, 5.74) is 2.10. The zero-order valence-electron chi connectivity index (χ0n) is 15.8. The minimum atomic E-state index is -0.176. The number of rotatable bonds is 6. The number of nitrogens with zero attached hydrogens (tertiary/aromatic N) is 1. The second kappa shape index (κ2) is 8.48. The zero-order valence-corrected chi connectivity index (χ0v) is 16.7. The van der Waals surface area contributed by atoms with E-state index in [0.717, 1.165) is 22.6 Å². The van der Waals surface area contributed by atoms with Crippen molar-refractivity contribution in [2.75, 3.05) is 13.7 Å². The van der Waals surface area contributed by atoms with Gasteiger partial charge in [-0.15, -0.1) is 11.3 Å². The highest BCUT2D eigenvalue weighted by Gasteiger charge is 2.30. The smallest absolute Gasteiger partial charge is 0.230 e. The van der Waals surface area contributed by atoms with E-state index < -0.39 is 0 Å². The summed E-state index contributed by atoms with van der Waals surface area (Å²) in [6, 6.07) is 19.9. The Kier molecular flexibility index (Phi) is 5.63. The maximum Gasteiger partial charge on any atom is 0.230 e. The van der Waals surface area contributed by atoms with Crippen molar-refractivity contribution in [3.8, 4) is 11.5 Å². The zero-order chi connectivity index (χ0) is 19.3. The molecule has 1 atom stereocenters. The van der Waals surface area contributed by atoms with Crippen LogP contribution in [0.25, 0.3) is 0 Å². The van der Waals surface area contributed by atoms with Gasteiger partial charge in [0, 0.05) is 17.0 Å². The van der Waals surface area contributed by atoms with Gasteiger partial charge in [-0.1, -0.05) is 42.5 Å². The number of carbonyl (C=O) groups excluding carboxylic acids is 1. The monoisotopic (exact) mass is 393 g/mol. The van der Waals surface area contributed by atoms with Crippen LogP contribution in [0.5, 0.6) is 11.5 Å². The van der Waals surface area contributed by atoms with Gasteiger partial charge >= 0.3 is 0 Å². The number of hydrogen-bond acceptors (Lipinski definition) is 4. The fraction of sp³-hybridized carbons (Fsp3) is 0.261. The summed E-state index contributed by atoms with van der Waals surface area (Å²) < 4.78 is 11.4. The summed E-state index contributed by atoms with van der Waals surface area (Å²) in [7, 11) is 1.66. The van der Waals surface area contributed by atoms with Gasteiger partial charge in [-0.3, -0.25) is 4.79 Å². The van der Waals surface area contributed by atoms with Crippen LogP contribution < -0.4 is 9.47 Å². The summed E-state index contributed by atoms with van der Waals surface area (Å²) >= 11 is 1.67. The largest absolute Gasteiger partial charge is 0.496 e. The highest BCUT2D eigenvalue weighted by Crippen LogP contribution is 2.29. The van der Waals surface area contributed by atoms with Crippen molar-refractivity contribution >= 4 is 17.2 Å². The van der Waals surface area contributed by atoms with Crippen LogP contribution >= 0.6 is 11.3 Å². The summed E-state index contributed by atoms with van der Waals surface area (Å²) in [6.07, 6.45) is 0.710. The van der Waals surface area contributed by atoms with Gasteiger partial charge in [0.25, 0.3) is 0 Å². The third-order valence-corrected chi connectivity index (χ3v) is 5.88. The molecule has 1 unspecified atom stereocenters. The Morgan fingerprint density at radius 1 is 1.11 bits per heavy atom. The number of para-hydroxylation sites is 2. The summed E-state index contributed by atoms with van der Waals surface area (Å²) in [5.74, 6) is 1.64. The van der Waals surface area contributed by atoms with Gasteiger partial charge in [0.1, 0.15) is 18.1 Å². The van der Waals surface area contributed by atoms with Crippen molar-refractivity contribution in [3.05, 3.63) is 82.0 Å². The van der Waals surface area contributed by atoms with E-state index in [4.69, 9.17) is 9.47 Å². The van der Waals surface area contributed by atoms with Crippen LogP contribution in [-0.2, 0) is 24.3 Å². The number of ether oxygens (including phenoxy) is 2. The number of thiophene rings is 1. The van der Waals surface area contributed by atoms with Crippen LogP contribution in [0.15, 0.2) is 66.0 Å². The highest BCUT2D eigenvalue weighted by molar-refractivity contribution is 7.09. The number of methoxy groups -OCH3 is 1. The number of benzene rings is 2. The average Bonchev–Trinajstić information content (AvgIpc) is 3.26. The van der Waals surface area contributed by atoms with Crippen molar-refractivity contribution in [3.63, 3.8) is 0 Å². The second-order valence-corrected chi connectivity index (χ2v) is 7.94. The van der Waals surface area contributed by atoms with Gasteiger partial charge in [0.15, 0.2) is 0 Å². The Bertz CT molecular complexity index is 939. The first kappa shape index (κ1) is 18.6. The first-order valence-corrected chi connectivity index (χ1v) is 10.3. The van der Waals surface area contributed by atoms with Crippen LogP contribution in [0.3, 0.4) is 0 Å². The van der Waals surface area contributed by atoms with Crippen molar-refractivity contribution < 1.29 is 14.3 Å². The number of amides is 1. The lowest BCUT2D eigenvalue weighted by molar-refractivity contribution is -0.138. The van der Waals surface area contributed by atoms with Gasteiger partial charge in [0.05, 0.1) is 19.6 Å². The molecule has 2 heterocycles. The van der Waals surface area contributed by atoms with Gasteiger partial charge in [0.2, 0.25) is 5.91 Å². The Hall–Kier alpha value is -2.79. The molecule has 28 heavy (non-hydrogen) atoms. The molecule has 0 bridgehead atoms. The first-order valence-electron chi connectivity index (χ1n) is 9.38. The van der Waals surface area contributed by atoms with E-state index in [1.807, 2.05) is 64.9 Å². The van der Waals surface area contributed by atoms with E-state index in [-0.39, 0.29) is 11.8 Å². The molecule has 1 aliphatic heterocycles. The van der Waals surface area contributed by atoms with Crippen molar-refractivity contribution in [1.29, 1.82) is 0 Å². The molecule has 3 aromatic rings. The number of fused-ring (bicyclic) bond motifs is 1. The summed E-state index contributed by atoms with van der Waals surface area (Å²) in [4.78, 5) is 16.5. The van der Waals surface area contributed by atoms with Gasteiger partial charge < -0.3 is 14.4 Å². The van der Waals surface area contributed by atoms with Gasteiger partial charge in [-0.05, 0) is 35.6 Å². The minimum Gasteiger partial charge on any atom is -0.496 e. The lowest BCUT2D eigenvalue weighted by Crippen LogP contribution is -2.40. The van der Waals surface area contributed by atoms with E-state index in [1.54, 1.807) is 18.4 Å². The first-order chi connectivity index (χ1) is 13.7. The molecule has 0 saturated carbocycles. The van der Waals surface area contributed by atoms with Crippen LogP contribution in [0, 0.1) is 5.92 Å². The molecule has 144 valence electrons. The molecule has 1 aliphatic rings. The Morgan fingerprint density at radius 3 is 2.75 bits per heavy atom. The fourth-order valence-electron chi connectivity index (χ4n) is 3.59. The predicted octanol–water partition coefficient (Wildman–Crippen LogP) is 4.54. The molecule has 4 rings (SSSR count). The van der Waals surface area contributed by atoms with E-state index in [9.17, 15) is 4.79 Å². The Labute approximate surface area is 169 Å². The predicted molar refractivity (Wildman–Crippen MR) is 111 cm³/mol. The lowest BCUT2D eigenvalue weighted by Gasteiger charge is -2.30. The SMILES string of the molecule is COc1ccccc1CN(Cc1cccs1)C(=O)C1COc2ccccc2C1. The van der Waals surface area contributed by atoms with E-state index >= 15 is 0 Å². The summed E-state index contributed by atoms with van der Waals surface area (Å²) in [5, 5.41) is 2.04. The quantitative estimate of drug-likeness (QED) is 0.617. The van der Waals surface area contributed by atoms with Crippen molar-refractivity contribution in [2.45, 2.75) is 19.5 Å². The average molecular weight is 394 g/mol. The van der Waals surface area contributed by atoms with Crippen LogP contribution in [0.2, 0.25) is 0 Å². The van der Waals surface area contributed by atoms with Crippen molar-refractivity contribution in [2.24, 2.45) is 5.92 Å². The fourth-order valence-corrected chi connectivity index (χ4v) is 4.31. The van der Waals surface area contributed by atoms with Crippen LogP contribution in [0.1, 0.15) is 16.0 Å². The molecule has 5 heteroatoms. The van der Waals surface area contributed by atoms with E-state index in [0.29, 0.717) is 26.1 Å². The molecule has 2 aromatic carbocycles. The van der Waals surface area contributed by atoms with Crippen LogP contribution in [-0.4, -0.2) is 24.5 Å². The molecule has 0 aliphatic carbocycles. The molecule has 1 aromatic heterocycles. The molecular formula is C23H23NO3S. The third kappa shape index (κ3) is 4.04. The maximum absolute atomic E-state index is 13.4. The standard InChI is InChI=1S/C23H23NO3S/c1-26-21-10-4-3-8-18(21)14-24(15-20-9-6-12-28-20)23(25)19-13-17-7-2-5-11-22(17)27-16-19/h2-12,19H,13-16H2,1H3. The Balaban J connectivity index is 1.57. The second-order valence-electron chi connectivity index (χ2n) is 6.91. The van der Waals surface area contributed by atoms with E-state index in [2.05, 4.69) is 6.07 Å². The number of hydrogen-bond donors (Lipinski definition) is 0. The highest BCUT2D eigenvalue weighted by atomic mass is 32.1. The normalized spacial score (nSPS) is 15.4. The molecule has 0 radical (unpaired) electrons. The number of carbonyl (C=O) groups is 1. The molecule has 0 fully saturated rings. The maximum atomic E-state index is 13.4.